The van der Waals surface area contributed by atoms with Gasteiger partial charge in [0, 0.05) is 25.4 Å². The van der Waals surface area contributed by atoms with Crippen LogP contribution in [0.5, 0.6) is 0 Å². The molecule has 1 aromatic carbocycles. The van der Waals surface area contributed by atoms with E-state index in [2.05, 4.69) is 28.6 Å². The Bertz CT molecular complexity index is 1160. The Morgan fingerprint density at radius 1 is 0.875 bits per heavy atom. The van der Waals surface area contributed by atoms with Crippen molar-refractivity contribution in [1.29, 1.82) is 0 Å². The molecular formula is C38H63NO7S2. The summed E-state index contributed by atoms with van der Waals surface area (Å²) in [5.41, 5.74) is 3.05. The lowest BCUT2D eigenvalue weighted by Gasteiger charge is -2.11. The lowest BCUT2D eigenvalue weighted by Crippen LogP contribution is -2.29. The highest BCUT2D eigenvalue weighted by Crippen LogP contribution is 2.21. The van der Waals surface area contributed by atoms with Gasteiger partial charge in [0.05, 0.1) is 29.6 Å². The normalized spacial score (nSPS) is 16.1. The molecule has 1 aromatic heterocycles. The third-order valence-electron chi connectivity index (χ3n) is 8.72. The van der Waals surface area contributed by atoms with E-state index in [4.69, 9.17) is 14.2 Å². The molecule has 0 unspecified atom stereocenters. The van der Waals surface area contributed by atoms with Crippen LogP contribution in [0.15, 0.2) is 46.2 Å². The van der Waals surface area contributed by atoms with E-state index in [0.717, 1.165) is 57.6 Å². The van der Waals surface area contributed by atoms with E-state index in [-0.39, 0.29) is 17.0 Å². The molecule has 1 fully saturated rings. The zero-order chi connectivity index (χ0) is 34.7. The van der Waals surface area contributed by atoms with E-state index >= 15 is 0 Å². The molecule has 8 nitrogen and oxygen atoms in total. The lowest BCUT2D eigenvalue weighted by molar-refractivity contribution is -0.692. The Balaban J connectivity index is 0.000000613. The summed E-state index contributed by atoms with van der Waals surface area (Å²) in [6, 6.07) is 5.78. The molecule has 0 bridgehead atoms. The van der Waals surface area contributed by atoms with Crippen LogP contribution in [0, 0.1) is 12.8 Å². The minimum atomic E-state index is -4.27. The molecule has 1 saturated heterocycles. The first kappa shape index (κ1) is 42.3. The number of nitrogens with zero attached hydrogens (tertiary/aromatic N) is 1. The van der Waals surface area contributed by atoms with Crippen molar-refractivity contribution in [3.05, 3.63) is 46.9 Å². The van der Waals surface area contributed by atoms with E-state index in [1.165, 1.54) is 102 Å². The maximum Gasteiger partial charge on any atom is 0.305 e. The van der Waals surface area contributed by atoms with E-state index in [0.29, 0.717) is 18.9 Å². The van der Waals surface area contributed by atoms with Gasteiger partial charge in [-0.1, -0.05) is 119 Å². The van der Waals surface area contributed by atoms with Crippen LogP contribution in [-0.4, -0.2) is 51.5 Å². The summed E-state index contributed by atoms with van der Waals surface area (Å²) in [7, 11) is -4.27. The van der Waals surface area contributed by atoms with Crippen molar-refractivity contribution in [2.24, 2.45) is 5.92 Å². The van der Waals surface area contributed by atoms with Gasteiger partial charge in [-0.15, -0.1) is 0 Å². The largest absolute Gasteiger partial charge is 0.744 e. The third kappa shape index (κ3) is 22.0. The quantitative estimate of drug-likeness (QED) is 0.0416. The fourth-order valence-electron chi connectivity index (χ4n) is 5.75. The number of esters is 1. The number of aryl methyl sites for hydroxylation is 2. The average Bonchev–Trinajstić information content (AvgIpc) is 3.76. The van der Waals surface area contributed by atoms with Crippen molar-refractivity contribution in [3.63, 3.8) is 0 Å². The summed E-state index contributed by atoms with van der Waals surface area (Å²) in [6.45, 7) is 7.87. The van der Waals surface area contributed by atoms with Crippen molar-refractivity contribution in [2.45, 2.75) is 153 Å². The van der Waals surface area contributed by atoms with Crippen molar-refractivity contribution in [1.82, 2.24) is 0 Å². The van der Waals surface area contributed by atoms with Gasteiger partial charge in [0.25, 0.3) is 0 Å². The average molecular weight is 710 g/mol. The molecule has 274 valence electrons. The molecule has 2 heterocycles. The third-order valence-corrected chi connectivity index (χ3v) is 10.2. The second-order valence-electron chi connectivity index (χ2n) is 13.3. The number of thiazole rings is 1. The second kappa shape index (κ2) is 26.9. The standard InChI is InChI=1S/C31H56NO4S.C7H8O3S/c1-2-3-4-5-6-7-8-9-10-11-12-13-14-18-22-34-25-29-24-30(35-26-29)27-36-31(33)19-16-15-17-20-32-21-23-37-28-32;1-6-2-4-7(5-3-6)11(8,9)10/h21,23,28-30H,2-20,22,24-27H2,1H3;2-5H,1H3,(H,8,9,10)/q+1;/p-1/t29-,30-;/m0./s1. The van der Waals surface area contributed by atoms with E-state index < -0.39 is 10.1 Å². The molecule has 48 heavy (non-hydrogen) atoms. The molecule has 3 rings (SSSR count). The predicted molar refractivity (Wildman–Crippen MR) is 192 cm³/mol. The summed E-state index contributed by atoms with van der Waals surface area (Å²) >= 11 is 1.71. The van der Waals surface area contributed by atoms with Crippen molar-refractivity contribution in [3.8, 4) is 0 Å². The molecule has 0 aliphatic carbocycles. The summed E-state index contributed by atoms with van der Waals surface area (Å²) in [5.74, 6) is 0.342. The number of unbranched alkanes of at least 4 members (excludes halogenated alkanes) is 15. The molecule has 0 radical (unpaired) electrons. The van der Waals surface area contributed by atoms with Crippen molar-refractivity contribution < 1.29 is 36.5 Å². The first-order valence-corrected chi connectivity index (χ1v) is 20.9. The van der Waals surface area contributed by atoms with Gasteiger partial charge in [-0.2, -0.15) is 4.57 Å². The smallest absolute Gasteiger partial charge is 0.305 e. The number of rotatable bonds is 26. The molecule has 10 heteroatoms. The van der Waals surface area contributed by atoms with Gasteiger partial charge in [-0.05, 0) is 44.7 Å². The Labute approximate surface area is 295 Å². The van der Waals surface area contributed by atoms with Gasteiger partial charge in [-0.3, -0.25) is 4.79 Å². The van der Waals surface area contributed by atoms with Gasteiger partial charge in [-0.25, -0.2) is 8.42 Å². The minimum Gasteiger partial charge on any atom is -0.744 e. The SMILES string of the molecule is CCCCCCCCCCCCCCCCOC[C@H]1CO[C@H](COC(=O)CCCCC[n+]2ccsc2)C1.Cc1ccc(S(=O)(=O)[O-])cc1. The predicted octanol–water partition coefficient (Wildman–Crippen LogP) is 8.94. The maximum atomic E-state index is 12.0. The van der Waals surface area contributed by atoms with Gasteiger partial charge in [0.2, 0.25) is 5.51 Å². The highest BCUT2D eigenvalue weighted by Gasteiger charge is 2.26. The van der Waals surface area contributed by atoms with Crippen molar-refractivity contribution >= 4 is 27.4 Å². The van der Waals surface area contributed by atoms with Crippen LogP contribution in [0.1, 0.15) is 134 Å². The fourth-order valence-corrected chi connectivity index (χ4v) is 6.85. The minimum absolute atomic E-state index is 0.0357. The van der Waals surface area contributed by atoms with Gasteiger partial charge in [0.15, 0.2) is 6.20 Å². The molecule has 0 N–H and O–H groups in total. The summed E-state index contributed by atoms with van der Waals surface area (Å²) in [6.07, 6.45) is 26.0. The van der Waals surface area contributed by atoms with Crippen molar-refractivity contribution in [2.75, 3.05) is 26.4 Å². The summed E-state index contributed by atoms with van der Waals surface area (Å²) in [4.78, 5) is 11.8. The van der Waals surface area contributed by atoms with E-state index in [9.17, 15) is 17.8 Å². The Morgan fingerprint density at radius 3 is 2.06 bits per heavy atom. The fraction of sp³-hybridized carbons (Fsp3) is 0.737. The number of benzene rings is 1. The molecular weight excluding hydrogens is 647 g/mol. The summed E-state index contributed by atoms with van der Waals surface area (Å²) < 4.78 is 50.5. The zero-order valence-corrected chi connectivity index (χ0v) is 31.4. The van der Waals surface area contributed by atoms with Gasteiger partial charge < -0.3 is 18.8 Å². The highest BCUT2D eigenvalue weighted by atomic mass is 32.2. The number of hydrogen-bond acceptors (Lipinski definition) is 8. The first-order chi connectivity index (χ1) is 23.3. The number of carbonyl (C=O) groups excluding carboxylic acids is 1. The molecule has 1 aliphatic heterocycles. The first-order valence-electron chi connectivity index (χ1n) is 18.6. The van der Waals surface area contributed by atoms with Crippen LogP contribution in [0.2, 0.25) is 0 Å². The van der Waals surface area contributed by atoms with Crippen LogP contribution in [0.4, 0.5) is 0 Å². The summed E-state index contributed by atoms with van der Waals surface area (Å²) in [5, 5.41) is 2.08. The molecule has 2 aromatic rings. The molecule has 2 atom stereocenters. The van der Waals surface area contributed by atoms with E-state index in [1.54, 1.807) is 23.5 Å². The van der Waals surface area contributed by atoms with Crippen LogP contribution in [-0.2, 0) is 35.7 Å². The molecule has 0 spiro atoms. The van der Waals surface area contributed by atoms with Gasteiger partial charge in [0.1, 0.15) is 23.3 Å². The molecule has 0 amide bonds. The highest BCUT2D eigenvalue weighted by molar-refractivity contribution is 7.85. The molecule has 1 aliphatic rings. The van der Waals surface area contributed by atoms with Crippen LogP contribution in [0.3, 0.4) is 0 Å². The molecule has 0 saturated carbocycles. The number of aromatic nitrogens is 1. The topological polar surface area (TPSA) is 106 Å². The number of hydrogen-bond donors (Lipinski definition) is 0. The van der Waals surface area contributed by atoms with Crippen LogP contribution < -0.4 is 4.57 Å². The Hall–Kier alpha value is -1.85. The number of carbonyl (C=O) groups is 1. The monoisotopic (exact) mass is 709 g/mol. The van der Waals surface area contributed by atoms with Gasteiger partial charge >= 0.3 is 5.97 Å². The van der Waals surface area contributed by atoms with Crippen LogP contribution in [0.25, 0.3) is 0 Å². The Kier molecular flexibility index (Phi) is 23.8. The number of ether oxygens (including phenoxy) is 3. The lowest BCUT2D eigenvalue weighted by atomic mass is 10.0. The Morgan fingerprint density at radius 2 is 1.48 bits per heavy atom. The van der Waals surface area contributed by atoms with Crippen LogP contribution >= 0.6 is 11.3 Å². The zero-order valence-electron chi connectivity index (χ0n) is 29.8. The van der Waals surface area contributed by atoms with E-state index in [1.807, 2.05) is 6.92 Å². The maximum absolute atomic E-state index is 12.0. The second-order valence-corrected chi connectivity index (χ2v) is 15.4.